The smallest absolute Gasteiger partial charge is 0.305 e. The van der Waals surface area contributed by atoms with Gasteiger partial charge in [-0.3, -0.25) is 9.59 Å². The maximum Gasteiger partial charge on any atom is 0.305 e. The molecule has 0 radical (unpaired) electrons. The van der Waals surface area contributed by atoms with Crippen LogP contribution in [0, 0.1) is 0 Å². The molecular weight excluding hydrogens is 839 g/mol. The highest BCUT2D eigenvalue weighted by Gasteiger charge is 2.18. The number of esters is 1. The molecule has 0 bridgehead atoms. The molecule has 6 heteroatoms. The van der Waals surface area contributed by atoms with Crippen LogP contribution in [0.3, 0.4) is 0 Å². The van der Waals surface area contributed by atoms with Gasteiger partial charge >= 0.3 is 5.97 Å². The molecule has 2 atom stereocenters. The van der Waals surface area contributed by atoms with Gasteiger partial charge in [-0.2, -0.15) is 0 Å². The minimum atomic E-state index is -0.842. The van der Waals surface area contributed by atoms with E-state index in [2.05, 4.69) is 19.2 Å². The number of nitrogens with one attached hydrogen (secondary N) is 1. The Morgan fingerprint density at radius 2 is 0.676 bits per heavy atom. The maximum atomic E-state index is 12.4. The molecule has 0 aliphatic carbocycles. The molecule has 0 saturated heterocycles. The number of carbonyl (C=O) groups excluding carboxylic acids is 2. The normalized spacial score (nSPS) is 12.6. The number of aliphatic hydroxyl groups is 2. The number of hydrogen-bond donors (Lipinski definition) is 3. The third kappa shape index (κ3) is 53.9. The highest BCUT2D eigenvalue weighted by atomic mass is 16.5. The molecule has 0 aliphatic heterocycles. The van der Waals surface area contributed by atoms with E-state index < -0.39 is 12.1 Å². The second-order valence-corrected chi connectivity index (χ2v) is 21.4. The summed E-state index contributed by atoms with van der Waals surface area (Å²) in [5.74, 6) is -0.0507. The fourth-order valence-electron chi connectivity index (χ4n) is 9.81. The highest BCUT2D eigenvalue weighted by molar-refractivity contribution is 5.76. The number of allylic oxidation sites excluding steroid dienone is 1. The summed E-state index contributed by atoms with van der Waals surface area (Å²) in [5.41, 5.74) is 0. The van der Waals surface area contributed by atoms with Crippen LogP contribution in [-0.4, -0.2) is 47.4 Å². The number of carbonyl (C=O) groups is 2. The van der Waals surface area contributed by atoms with Gasteiger partial charge in [0.25, 0.3) is 0 Å². The number of ether oxygens (including phenoxy) is 1. The Labute approximate surface area is 425 Å². The Hall–Kier alpha value is -1.40. The molecule has 0 saturated carbocycles. The second kappa shape index (κ2) is 58.2. The third-order valence-electron chi connectivity index (χ3n) is 14.6. The lowest BCUT2D eigenvalue weighted by molar-refractivity contribution is -0.143. The molecule has 0 fully saturated rings. The van der Waals surface area contributed by atoms with Gasteiger partial charge in [0.2, 0.25) is 5.91 Å². The molecule has 1 amide bonds. The summed E-state index contributed by atoms with van der Waals surface area (Å²) in [6.45, 7) is 4.91. The van der Waals surface area contributed by atoms with Crippen molar-refractivity contribution in [2.45, 2.75) is 360 Å². The van der Waals surface area contributed by atoms with E-state index in [-0.39, 0.29) is 18.5 Å². The molecule has 6 nitrogen and oxygen atoms in total. The molecule has 3 N–H and O–H groups in total. The van der Waals surface area contributed by atoms with Crippen molar-refractivity contribution in [3.05, 3.63) is 12.2 Å². The van der Waals surface area contributed by atoms with Crippen LogP contribution in [0.5, 0.6) is 0 Å². The summed E-state index contributed by atoms with van der Waals surface area (Å²) in [6, 6.07) is -0.625. The van der Waals surface area contributed by atoms with Gasteiger partial charge < -0.3 is 20.3 Å². The molecule has 0 aromatic carbocycles. The Bertz CT molecular complexity index is 1020. The van der Waals surface area contributed by atoms with Gasteiger partial charge in [0.15, 0.2) is 0 Å². The average molecular weight is 961 g/mol. The Kier molecular flexibility index (Phi) is 57.0. The molecule has 2 unspecified atom stereocenters. The monoisotopic (exact) mass is 960 g/mol. The molecule has 0 heterocycles. The Morgan fingerprint density at radius 1 is 0.397 bits per heavy atom. The van der Waals surface area contributed by atoms with Crippen LogP contribution >= 0.6 is 0 Å². The van der Waals surface area contributed by atoms with E-state index in [1.165, 1.54) is 283 Å². The van der Waals surface area contributed by atoms with Crippen LogP contribution in [0.25, 0.3) is 0 Å². The van der Waals surface area contributed by atoms with Crippen molar-refractivity contribution in [3.8, 4) is 0 Å². The zero-order valence-corrected chi connectivity index (χ0v) is 46.1. The second-order valence-electron chi connectivity index (χ2n) is 21.4. The van der Waals surface area contributed by atoms with E-state index in [9.17, 15) is 19.8 Å². The van der Waals surface area contributed by atoms with Gasteiger partial charge in [0, 0.05) is 12.8 Å². The molecule has 0 rings (SSSR count). The molecule has 68 heavy (non-hydrogen) atoms. The fraction of sp³-hybridized carbons (Fsp3) is 0.935. The summed E-state index contributed by atoms with van der Waals surface area (Å²) < 4.78 is 5.50. The topological polar surface area (TPSA) is 95.9 Å². The summed E-state index contributed by atoms with van der Waals surface area (Å²) in [4.78, 5) is 24.5. The van der Waals surface area contributed by atoms with Crippen LogP contribution in [0.4, 0.5) is 0 Å². The third-order valence-corrected chi connectivity index (χ3v) is 14.6. The molecule has 0 aromatic rings. The van der Waals surface area contributed by atoms with E-state index in [1.807, 2.05) is 6.08 Å². The van der Waals surface area contributed by atoms with E-state index in [0.717, 1.165) is 38.5 Å². The van der Waals surface area contributed by atoms with Crippen molar-refractivity contribution in [2.75, 3.05) is 13.2 Å². The van der Waals surface area contributed by atoms with Crippen molar-refractivity contribution in [3.63, 3.8) is 0 Å². The van der Waals surface area contributed by atoms with Gasteiger partial charge in [-0.05, 0) is 32.1 Å². The van der Waals surface area contributed by atoms with Gasteiger partial charge in [0.1, 0.15) is 0 Å². The lowest BCUT2D eigenvalue weighted by Crippen LogP contribution is -2.45. The zero-order chi connectivity index (χ0) is 49.3. The standard InChI is InChI=1S/C62H121NO5/c1-3-5-7-9-11-13-15-16-17-18-23-27-30-33-36-40-44-48-52-56-62(67)68-57-53-49-45-41-37-34-31-28-25-22-20-19-21-24-26-29-32-35-39-43-47-51-55-61(66)63-59(58-64)60(65)54-50-46-42-38-14-12-10-8-6-4-2/h50,54,59-60,64-65H,3-49,51-53,55-58H2,1-2H3,(H,63,66)/b54-50+. The maximum absolute atomic E-state index is 12.4. The molecule has 0 aromatic heterocycles. The highest BCUT2D eigenvalue weighted by Crippen LogP contribution is 2.18. The molecule has 404 valence electrons. The fourth-order valence-corrected chi connectivity index (χ4v) is 9.81. The number of aliphatic hydroxyl groups excluding tert-OH is 2. The number of unbranched alkanes of at least 4 members (excludes halogenated alkanes) is 47. The van der Waals surface area contributed by atoms with Gasteiger partial charge in [-0.1, -0.05) is 315 Å². The first-order chi connectivity index (χ1) is 33.5. The Morgan fingerprint density at radius 3 is 1.00 bits per heavy atom. The molecule has 0 spiro atoms. The average Bonchev–Trinajstić information content (AvgIpc) is 3.34. The lowest BCUT2D eigenvalue weighted by Gasteiger charge is -2.20. The molecule has 0 aliphatic rings. The number of hydrogen-bond acceptors (Lipinski definition) is 5. The summed E-state index contributed by atoms with van der Waals surface area (Å²) in [6.07, 6.45) is 69.8. The van der Waals surface area contributed by atoms with Crippen molar-refractivity contribution in [1.82, 2.24) is 5.32 Å². The summed E-state index contributed by atoms with van der Waals surface area (Å²) in [7, 11) is 0. The largest absolute Gasteiger partial charge is 0.466 e. The van der Waals surface area contributed by atoms with Crippen LogP contribution in [0.15, 0.2) is 12.2 Å². The predicted octanol–water partition coefficient (Wildman–Crippen LogP) is 19.2. The van der Waals surface area contributed by atoms with Gasteiger partial charge in [-0.15, -0.1) is 0 Å². The van der Waals surface area contributed by atoms with Crippen molar-refractivity contribution < 1.29 is 24.5 Å². The van der Waals surface area contributed by atoms with E-state index in [4.69, 9.17) is 4.74 Å². The van der Waals surface area contributed by atoms with Crippen molar-refractivity contribution in [2.24, 2.45) is 0 Å². The predicted molar refractivity (Wildman–Crippen MR) is 297 cm³/mol. The van der Waals surface area contributed by atoms with Gasteiger partial charge in [-0.25, -0.2) is 0 Å². The first-order valence-electron chi connectivity index (χ1n) is 31.0. The van der Waals surface area contributed by atoms with E-state index >= 15 is 0 Å². The molecular formula is C62H121NO5. The lowest BCUT2D eigenvalue weighted by atomic mass is 10.0. The van der Waals surface area contributed by atoms with Crippen LogP contribution in [0.2, 0.25) is 0 Å². The number of amides is 1. The van der Waals surface area contributed by atoms with E-state index in [1.54, 1.807) is 6.08 Å². The van der Waals surface area contributed by atoms with Crippen LogP contribution < -0.4 is 5.32 Å². The van der Waals surface area contributed by atoms with Crippen molar-refractivity contribution in [1.29, 1.82) is 0 Å². The van der Waals surface area contributed by atoms with Gasteiger partial charge in [0.05, 0.1) is 25.4 Å². The Balaban J connectivity index is 3.33. The summed E-state index contributed by atoms with van der Waals surface area (Å²) in [5, 5.41) is 23.0. The minimum Gasteiger partial charge on any atom is -0.466 e. The number of rotatable bonds is 58. The SMILES string of the molecule is CCCCCCCCCC/C=C/C(O)C(CO)NC(=O)CCCCCCCCCCCCCCCCCCCCCCCCOC(=O)CCCCCCCCCCCCCCCCCCCCC. The first kappa shape index (κ1) is 66.6. The zero-order valence-electron chi connectivity index (χ0n) is 46.1. The quantitative estimate of drug-likeness (QED) is 0.0321. The van der Waals surface area contributed by atoms with E-state index in [0.29, 0.717) is 19.4 Å². The van der Waals surface area contributed by atoms with Crippen LogP contribution in [-0.2, 0) is 14.3 Å². The van der Waals surface area contributed by atoms with Crippen LogP contribution in [0.1, 0.15) is 348 Å². The summed E-state index contributed by atoms with van der Waals surface area (Å²) >= 11 is 0. The minimum absolute atomic E-state index is 0.0179. The van der Waals surface area contributed by atoms with Crippen molar-refractivity contribution >= 4 is 11.9 Å². The first-order valence-corrected chi connectivity index (χ1v) is 31.0.